The largest absolute Gasteiger partial charge is 0.295 e. The number of ketones is 1. The van der Waals surface area contributed by atoms with Crippen molar-refractivity contribution < 1.29 is 4.79 Å². The van der Waals surface area contributed by atoms with Gasteiger partial charge in [-0.2, -0.15) is 0 Å². The molecule has 0 aromatic rings. The zero-order valence-corrected chi connectivity index (χ0v) is 9.13. The Morgan fingerprint density at radius 1 is 1.23 bits per heavy atom. The molecule has 0 saturated heterocycles. The number of hydrogen-bond donors (Lipinski definition) is 0. The van der Waals surface area contributed by atoms with Crippen molar-refractivity contribution >= 4 is 5.78 Å². The molecule has 1 heteroatoms. The lowest BCUT2D eigenvalue weighted by atomic mass is 9.71. The number of rotatable bonds is 2. The van der Waals surface area contributed by atoms with Gasteiger partial charge in [-0.15, -0.1) is 0 Å². The first kappa shape index (κ1) is 10.5. The van der Waals surface area contributed by atoms with E-state index in [1.165, 1.54) is 5.57 Å². The average molecular weight is 180 g/mol. The molecule has 3 atom stereocenters. The van der Waals surface area contributed by atoms with Crippen LogP contribution in [0.15, 0.2) is 11.6 Å². The Hall–Kier alpha value is -0.590. The van der Waals surface area contributed by atoms with Gasteiger partial charge in [0.05, 0.1) is 0 Å². The van der Waals surface area contributed by atoms with Crippen LogP contribution < -0.4 is 0 Å². The van der Waals surface area contributed by atoms with Gasteiger partial charge < -0.3 is 0 Å². The third-order valence-electron chi connectivity index (χ3n) is 3.53. The van der Waals surface area contributed by atoms with E-state index in [1.807, 2.05) is 6.08 Å². The molecule has 74 valence electrons. The van der Waals surface area contributed by atoms with E-state index in [9.17, 15) is 4.79 Å². The molecule has 0 unspecified atom stereocenters. The maximum absolute atomic E-state index is 11.6. The Bertz CT molecular complexity index is 227. The van der Waals surface area contributed by atoms with E-state index < -0.39 is 0 Å². The normalized spacial score (nSPS) is 34.6. The van der Waals surface area contributed by atoms with Crippen LogP contribution in [0.25, 0.3) is 0 Å². The van der Waals surface area contributed by atoms with Crippen LogP contribution in [-0.2, 0) is 4.79 Å². The van der Waals surface area contributed by atoms with Gasteiger partial charge in [0.15, 0.2) is 5.78 Å². The second-order valence-electron chi connectivity index (χ2n) is 4.12. The zero-order chi connectivity index (χ0) is 10.0. The van der Waals surface area contributed by atoms with Crippen LogP contribution in [0.3, 0.4) is 0 Å². The van der Waals surface area contributed by atoms with E-state index in [0.717, 1.165) is 12.8 Å². The predicted octanol–water partition coefficient (Wildman–Crippen LogP) is 3.20. The molecule has 0 fully saturated rings. The van der Waals surface area contributed by atoms with E-state index in [0.29, 0.717) is 17.6 Å². The van der Waals surface area contributed by atoms with E-state index in [1.54, 1.807) is 0 Å². The third kappa shape index (κ3) is 1.84. The van der Waals surface area contributed by atoms with Gasteiger partial charge in [-0.3, -0.25) is 4.79 Å². The monoisotopic (exact) mass is 180 g/mol. The van der Waals surface area contributed by atoms with Gasteiger partial charge in [-0.25, -0.2) is 0 Å². The Balaban J connectivity index is 2.92. The van der Waals surface area contributed by atoms with Crippen molar-refractivity contribution in [2.24, 2.45) is 17.8 Å². The molecule has 0 aliphatic heterocycles. The van der Waals surface area contributed by atoms with Crippen LogP contribution in [0.1, 0.15) is 40.5 Å². The molecule has 1 aliphatic carbocycles. The molecule has 0 heterocycles. The summed E-state index contributed by atoms with van der Waals surface area (Å²) >= 11 is 0. The van der Waals surface area contributed by atoms with Crippen molar-refractivity contribution in [1.82, 2.24) is 0 Å². The highest BCUT2D eigenvalue weighted by molar-refractivity contribution is 5.93. The van der Waals surface area contributed by atoms with Gasteiger partial charge in [-0.05, 0) is 24.3 Å². The SMILES string of the molecule is CCC1=CC(=O)[C@H](C)[C@H](CC)[C@@H]1C. The van der Waals surface area contributed by atoms with Gasteiger partial charge in [0.25, 0.3) is 0 Å². The summed E-state index contributed by atoms with van der Waals surface area (Å²) in [6.45, 7) is 8.64. The quantitative estimate of drug-likeness (QED) is 0.637. The Morgan fingerprint density at radius 2 is 1.85 bits per heavy atom. The topological polar surface area (TPSA) is 17.1 Å². The molecule has 1 rings (SSSR count). The lowest BCUT2D eigenvalue weighted by molar-refractivity contribution is -0.120. The fourth-order valence-electron chi connectivity index (χ4n) is 2.50. The minimum absolute atomic E-state index is 0.232. The molecule has 1 aliphatic rings. The van der Waals surface area contributed by atoms with Crippen LogP contribution >= 0.6 is 0 Å². The van der Waals surface area contributed by atoms with Crippen molar-refractivity contribution in [2.45, 2.75) is 40.5 Å². The molecular formula is C12H20O. The lowest BCUT2D eigenvalue weighted by Gasteiger charge is -2.33. The number of hydrogen-bond acceptors (Lipinski definition) is 1. The summed E-state index contributed by atoms with van der Waals surface area (Å²) in [4.78, 5) is 11.6. The summed E-state index contributed by atoms with van der Waals surface area (Å²) in [5.41, 5.74) is 1.34. The van der Waals surface area contributed by atoms with Crippen molar-refractivity contribution in [2.75, 3.05) is 0 Å². The number of allylic oxidation sites excluding steroid dienone is 2. The minimum Gasteiger partial charge on any atom is -0.295 e. The molecule has 13 heavy (non-hydrogen) atoms. The minimum atomic E-state index is 0.232. The summed E-state index contributed by atoms with van der Waals surface area (Å²) in [5.74, 6) is 1.73. The maximum Gasteiger partial charge on any atom is 0.158 e. The molecular weight excluding hydrogens is 160 g/mol. The molecule has 0 radical (unpaired) electrons. The third-order valence-corrected chi connectivity index (χ3v) is 3.53. The second kappa shape index (κ2) is 4.08. The highest BCUT2D eigenvalue weighted by Gasteiger charge is 2.32. The Labute approximate surface area is 81.2 Å². The van der Waals surface area contributed by atoms with Crippen molar-refractivity contribution in [1.29, 1.82) is 0 Å². The summed E-state index contributed by atoms with van der Waals surface area (Å²) in [6.07, 6.45) is 4.02. The van der Waals surface area contributed by atoms with Crippen molar-refractivity contribution in [3.63, 3.8) is 0 Å². The smallest absolute Gasteiger partial charge is 0.158 e. The first-order chi connectivity index (χ1) is 6.11. The van der Waals surface area contributed by atoms with Gasteiger partial charge in [0.2, 0.25) is 0 Å². The fraction of sp³-hybridized carbons (Fsp3) is 0.750. The van der Waals surface area contributed by atoms with E-state index >= 15 is 0 Å². The fourth-order valence-corrected chi connectivity index (χ4v) is 2.50. The number of carbonyl (C=O) groups is 1. The van der Waals surface area contributed by atoms with Crippen LogP contribution in [0, 0.1) is 17.8 Å². The Morgan fingerprint density at radius 3 is 2.31 bits per heavy atom. The van der Waals surface area contributed by atoms with Crippen molar-refractivity contribution in [3.8, 4) is 0 Å². The highest BCUT2D eigenvalue weighted by Crippen LogP contribution is 2.35. The first-order valence-electron chi connectivity index (χ1n) is 5.36. The van der Waals surface area contributed by atoms with Gasteiger partial charge in [0.1, 0.15) is 0 Å². The molecule has 0 bridgehead atoms. The van der Waals surface area contributed by atoms with E-state index in [4.69, 9.17) is 0 Å². The molecule has 0 aromatic heterocycles. The summed E-state index contributed by atoms with van der Waals surface area (Å²) in [6, 6.07) is 0. The highest BCUT2D eigenvalue weighted by atomic mass is 16.1. The van der Waals surface area contributed by atoms with Crippen LogP contribution in [0.5, 0.6) is 0 Å². The summed E-state index contributed by atoms with van der Waals surface area (Å²) in [5, 5.41) is 0. The van der Waals surface area contributed by atoms with Crippen LogP contribution in [0.2, 0.25) is 0 Å². The maximum atomic E-state index is 11.6. The average Bonchev–Trinajstić information content (AvgIpc) is 2.12. The van der Waals surface area contributed by atoms with E-state index in [2.05, 4.69) is 27.7 Å². The van der Waals surface area contributed by atoms with Gasteiger partial charge in [-0.1, -0.05) is 39.7 Å². The zero-order valence-electron chi connectivity index (χ0n) is 9.13. The van der Waals surface area contributed by atoms with Gasteiger partial charge >= 0.3 is 0 Å². The predicted molar refractivity (Wildman–Crippen MR) is 55.5 cm³/mol. The van der Waals surface area contributed by atoms with E-state index in [-0.39, 0.29) is 5.92 Å². The molecule has 0 spiro atoms. The number of carbonyl (C=O) groups excluding carboxylic acids is 1. The molecule has 0 N–H and O–H groups in total. The lowest BCUT2D eigenvalue weighted by Crippen LogP contribution is -2.30. The molecule has 0 amide bonds. The van der Waals surface area contributed by atoms with Crippen LogP contribution in [-0.4, -0.2) is 5.78 Å². The summed E-state index contributed by atoms with van der Waals surface area (Å²) in [7, 11) is 0. The van der Waals surface area contributed by atoms with Gasteiger partial charge in [0, 0.05) is 5.92 Å². The summed E-state index contributed by atoms with van der Waals surface area (Å²) < 4.78 is 0. The first-order valence-corrected chi connectivity index (χ1v) is 5.36. The molecule has 0 saturated carbocycles. The standard InChI is InChI=1S/C12H20O/c1-5-10-7-12(13)9(4)11(6-2)8(10)3/h7-9,11H,5-6H2,1-4H3/t8-,9-,11-/m1/s1. The Kier molecular flexibility index (Phi) is 3.29. The van der Waals surface area contributed by atoms with Crippen LogP contribution in [0.4, 0.5) is 0 Å². The molecule has 1 nitrogen and oxygen atoms in total. The molecule has 0 aromatic carbocycles. The van der Waals surface area contributed by atoms with Crippen molar-refractivity contribution in [3.05, 3.63) is 11.6 Å². The second-order valence-corrected chi connectivity index (χ2v) is 4.12.